The minimum absolute atomic E-state index is 0.0765. The van der Waals surface area contributed by atoms with Gasteiger partial charge in [-0.05, 0) is 26.0 Å². The van der Waals surface area contributed by atoms with E-state index >= 15 is 0 Å². The SMILES string of the molecule is COc1cccc(C(=O)NC(C)(O)C(C)C)c1C. The number of nitrogens with one attached hydrogen (secondary N) is 1. The van der Waals surface area contributed by atoms with E-state index in [2.05, 4.69) is 5.32 Å². The van der Waals surface area contributed by atoms with Crippen molar-refractivity contribution in [2.75, 3.05) is 7.11 Å². The summed E-state index contributed by atoms with van der Waals surface area (Å²) in [7, 11) is 1.56. The molecule has 100 valence electrons. The molecule has 2 N–H and O–H groups in total. The molecule has 0 aliphatic heterocycles. The Bertz CT molecular complexity index is 439. The van der Waals surface area contributed by atoms with E-state index in [0.29, 0.717) is 11.3 Å². The van der Waals surface area contributed by atoms with Crippen LogP contribution in [0.4, 0.5) is 0 Å². The zero-order valence-corrected chi connectivity index (χ0v) is 11.6. The topological polar surface area (TPSA) is 58.6 Å². The summed E-state index contributed by atoms with van der Waals surface area (Å²) in [6.07, 6.45) is 0. The van der Waals surface area contributed by atoms with Crippen molar-refractivity contribution < 1.29 is 14.6 Å². The number of carbonyl (C=O) groups excluding carboxylic acids is 1. The fourth-order valence-electron chi connectivity index (χ4n) is 1.52. The Hall–Kier alpha value is -1.55. The van der Waals surface area contributed by atoms with Crippen LogP contribution in [0.2, 0.25) is 0 Å². The van der Waals surface area contributed by atoms with Gasteiger partial charge in [0.2, 0.25) is 0 Å². The van der Waals surface area contributed by atoms with Crippen LogP contribution in [0.15, 0.2) is 18.2 Å². The highest BCUT2D eigenvalue weighted by molar-refractivity contribution is 5.96. The van der Waals surface area contributed by atoms with Crippen molar-refractivity contribution >= 4 is 5.91 Å². The molecular weight excluding hydrogens is 230 g/mol. The number of amides is 1. The van der Waals surface area contributed by atoms with Crippen LogP contribution in [-0.2, 0) is 0 Å². The van der Waals surface area contributed by atoms with Gasteiger partial charge in [0.15, 0.2) is 0 Å². The normalized spacial score (nSPS) is 14.2. The van der Waals surface area contributed by atoms with Crippen LogP contribution in [0, 0.1) is 12.8 Å². The molecule has 1 aromatic rings. The van der Waals surface area contributed by atoms with Crippen molar-refractivity contribution in [2.45, 2.75) is 33.4 Å². The second kappa shape index (κ2) is 5.40. The van der Waals surface area contributed by atoms with Gasteiger partial charge in [-0.3, -0.25) is 4.79 Å². The summed E-state index contributed by atoms with van der Waals surface area (Å²) in [5.74, 6) is 0.282. The van der Waals surface area contributed by atoms with Crippen LogP contribution < -0.4 is 10.1 Å². The number of hydrogen-bond donors (Lipinski definition) is 2. The van der Waals surface area contributed by atoms with Crippen LogP contribution >= 0.6 is 0 Å². The average molecular weight is 251 g/mol. The fourth-order valence-corrected chi connectivity index (χ4v) is 1.52. The molecule has 4 heteroatoms. The Labute approximate surface area is 108 Å². The van der Waals surface area contributed by atoms with E-state index in [1.807, 2.05) is 20.8 Å². The molecule has 1 rings (SSSR count). The molecule has 0 saturated heterocycles. The van der Waals surface area contributed by atoms with Crippen LogP contribution in [0.25, 0.3) is 0 Å². The first-order valence-electron chi connectivity index (χ1n) is 5.98. The highest BCUT2D eigenvalue weighted by Gasteiger charge is 2.27. The summed E-state index contributed by atoms with van der Waals surface area (Å²) in [4.78, 5) is 12.1. The van der Waals surface area contributed by atoms with Crippen molar-refractivity contribution in [1.82, 2.24) is 5.32 Å². The molecule has 1 atom stereocenters. The lowest BCUT2D eigenvalue weighted by Crippen LogP contribution is -2.49. The second-order valence-electron chi connectivity index (χ2n) is 4.89. The summed E-state index contributed by atoms with van der Waals surface area (Å²) < 4.78 is 5.17. The van der Waals surface area contributed by atoms with E-state index < -0.39 is 5.72 Å². The van der Waals surface area contributed by atoms with Gasteiger partial charge < -0.3 is 15.2 Å². The number of hydrogen-bond acceptors (Lipinski definition) is 3. The van der Waals surface area contributed by atoms with Crippen LogP contribution in [0.1, 0.15) is 36.7 Å². The molecule has 0 fully saturated rings. The minimum atomic E-state index is -1.23. The second-order valence-corrected chi connectivity index (χ2v) is 4.89. The lowest BCUT2D eigenvalue weighted by atomic mass is 10.0. The van der Waals surface area contributed by atoms with Crippen molar-refractivity contribution in [2.24, 2.45) is 5.92 Å². The van der Waals surface area contributed by atoms with E-state index in [0.717, 1.165) is 5.56 Å². The molecule has 18 heavy (non-hydrogen) atoms. The molecule has 1 aromatic carbocycles. The van der Waals surface area contributed by atoms with E-state index in [1.54, 1.807) is 32.2 Å². The van der Waals surface area contributed by atoms with Gasteiger partial charge >= 0.3 is 0 Å². The molecule has 0 aromatic heterocycles. The summed E-state index contributed by atoms with van der Waals surface area (Å²) in [6, 6.07) is 5.27. The Morgan fingerprint density at radius 1 is 1.44 bits per heavy atom. The van der Waals surface area contributed by atoms with Crippen LogP contribution in [0.3, 0.4) is 0 Å². The van der Waals surface area contributed by atoms with E-state index in [-0.39, 0.29) is 11.8 Å². The summed E-state index contributed by atoms with van der Waals surface area (Å²) >= 11 is 0. The van der Waals surface area contributed by atoms with Gasteiger partial charge in [-0.25, -0.2) is 0 Å². The van der Waals surface area contributed by atoms with E-state index in [9.17, 15) is 9.90 Å². The Kier molecular flexibility index (Phi) is 4.35. The molecule has 0 heterocycles. The highest BCUT2D eigenvalue weighted by Crippen LogP contribution is 2.22. The highest BCUT2D eigenvalue weighted by atomic mass is 16.5. The molecule has 0 bridgehead atoms. The zero-order chi connectivity index (χ0) is 13.9. The molecule has 0 aliphatic carbocycles. The molecule has 0 spiro atoms. The largest absolute Gasteiger partial charge is 0.496 e. The maximum absolute atomic E-state index is 12.1. The lowest BCUT2D eigenvalue weighted by Gasteiger charge is -2.29. The first-order valence-corrected chi connectivity index (χ1v) is 5.98. The summed E-state index contributed by atoms with van der Waals surface area (Å²) in [6.45, 7) is 7.10. The van der Waals surface area contributed by atoms with Gasteiger partial charge in [0, 0.05) is 17.0 Å². The Morgan fingerprint density at radius 3 is 2.56 bits per heavy atom. The average Bonchev–Trinajstić information content (AvgIpc) is 2.28. The van der Waals surface area contributed by atoms with Crippen molar-refractivity contribution in [3.05, 3.63) is 29.3 Å². The van der Waals surface area contributed by atoms with Gasteiger partial charge in [0.25, 0.3) is 5.91 Å². The zero-order valence-electron chi connectivity index (χ0n) is 11.6. The van der Waals surface area contributed by atoms with Gasteiger partial charge in [-0.2, -0.15) is 0 Å². The fraction of sp³-hybridized carbons (Fsp3) is 0.500. The maximum atomic E-state index is 12.1. The Balaban J connectivity index is 2.99. The molecule has 0 saturated carbocycles. The summed E-state index contributed by atoms with van der Waals surface area (Å²) in [5.41, 5.74) is 0.0411. The standard InChI is InChI=1S/C14H21NO3/c1-9(2)14(4,17)15-13(16)11-7-6-8-12(18-5)10(11)3/h6-9,17H,1-5H3,(H,15,16). The molecular formula is C14H21NO3. The number of ether oxygens (including phenoxy) is 1. The number of benzene rings is 1. The van der Waals surface area contributed by atoms with Crippen molar-refractivity contribution in [1.29, 1.82) is 0 Å². The lowest BCUT2D eigenvalue weighted by molar-refractivity contribution is -0.0144. The van der Waals surface area contributed by atoms with E-state index in [4.69, 9.17) is 4.74 Å². The molecule has 1 amide bonds. The van der Waals surface area contributed by atoms with Crippen molar-refractivity contribution in [3.8, 4) is 5.75 Å². The molecule has 4 nitrogen and oxygen atoms in total. The maximum Gasteiger partial charge on any atom is 0.253 e. The smallest absolute Gasteiger partial charge is 0.253 e. The summed E-state index contributed by atoms with van der Waals surface area (Å²) in [5, 5.41) is 12.7. The van der Waals surface area contributed by atoms with Crippen LogP contribution in [-0.4, -0.2) is 23.8 Å². The first-order chi connectivity index (χ1) is 8.29. The predicted molar refractivity (Wildman–Crippen MR) is 70.7 cm³/mol. The minimum Gasteiger partial charge on any atom is -0.496 e. The third kappa shape index (κ3) is 3.01. The van der Waals surface area contributed by atoms with Gasteiger partial charge in [-0.1, -0.05) is 19.9 Å². The predicted octanol–water partition coefficient (Wildman–Crippen LogP) is 2.10. The van der Waals surface area contributed by atoms with Crippen molar-refractivity contribution in [3.63, 3.8) is 0 Å². The quantitative estimate of drug-likeness (QED) is 0.806. The van der Waals surface area contributed by atoms with E-state index in [1.165, 1.54) is 0 Å². The Morgan fingerprint density at radius 2 is 2.06 bits per heavy atom. The van der Waals surface area contributed by atoms with Gasteiger partial charge in [-0.15, -0.1) is 0 Å². The molecule has 0 radical (unpaired) electrons. The van der Waals surface area contributed by atoms with Gasteiger partial charge in [0.05, 0.1) is 7.11 Å². The van der Waals surface area contributed by atoms with Crippen LogP contribution in [0.5, 0.6) is 5.75 Å². The third-order valence-corrected chi connectivity index (χ3v) is 3.24. The molecule has 1 unspecified atom stereocenters. The molecule has 0 aliphatic rings. The third-order valence-electron chi connectivity index (χ3n) is 3.24. The van der Waals surface area contributed by atoms with Gasteiger partial charge in [0.1, 0.15) is 11.5 Å². The number of carbonyl (C=O) groups is 1. The first kappa shape index (κ1) is 14.5. The number of methoxy groups -OCH3 is 1. The number of aliphatic hydroxyl groups is 1. The monoisotopic (exact) mass is 251 g/mol. The number of rotatable bonds is 4.